The summed E-state index contributed by atoms with van der Waals surface area (Å²) in [6, 6.07) is 17.7. The van der Waals surface area contributed by atoms with Gasteiger partial charge in [-0.05, 0) is 49.4 Å². The molecule has 0 aromatic heterocycles. The van der Waals surface area contributed by atoms with E-state index in [2.05, 4.69) is 22.6 Å². The molecule has 150 valence electrons. The van der Waals surface area contributed by atoms with Crippen LogP contribution in [-0.4, -0.2) is 13.4 Å². The lowest BCUT2D eigenvalue weighted by atomic mass is 10.2. The molecule has 29 heavy (non-hydrogen) atoms. The van der Waals surface area contributed by atoms with Crippen LogP contribution in [0.15, 0.2) is 54.6 Å². The van der Waals surface area contributed by atoms with Crippen LogP contribution < -0.4 is 30.1 Å². The Morgan fingerprint density at radius 3 is 1.97 bits per heavy atom. The Kier molecular flexibility index (Phi) is 5.63. The average Bonchev–Trinajstić information content (AvgIpc) is 3.21. The minimum absolute atomic E-state index is 0.133. The molecule has 4 rings (SSSR count). The normalized spacial score (nSPS) is 12.8. The van der Waals surface area contributed by atoms with Crippen molar-refractivity contribution in [1.82, 2.24) is 0 Å². The molecule has 1 aliphatic heterocycles. The van der Waals surface area contributed by atoms with Crippen LogP contribution in [0.1, 0.15) is 18.1 Å². The molecule has 3 aromatic rings. The van der Waals surface area contributed by atoms with Crippen molar-refractivity contribution in [2.24, 2.45) is 0 Å². The lowest BCUT2D eigenvalue weighted by molar-refractivity contribution is 0.169. The van der Waals surface area contributed by atoms with Gasteiger partial charge in [-0.15, -0.1) is 0 Å². The van der Waals surface area contributed by atoms with Crippen molar-refractivity contribution < 1.29 is 18.8 Å². The van der Waals surface area contributed by atoms with E-state index >= 15 is 0 Å². The number of fused-ring (bicyclic) bond motifs is 1. The first-order valence-electron chi connectivity index (χ1n) is 9.45. The first-order valence-corrected chi connectivity index (χ1v) is 12.2. The van der Waals surface area contributed by atoms with Crippen LogP contribution in [0.2, 0.25) is 0 Å². The van der Waals surface area contributed by atoms with Gasteiger partial charge in [0.2, 0.25) is 12.5 Å². The van der Waals surface area contributed by atoms with E-state index < -0.39 is 7.14 Å². The second-order valence-electron chi connectivity index (χ2n) is 6.99. The topological polar surface area (TPSA) is 44.8 Å². The molecule has 0 radical (unpaired) electrons. The molecule has 1 heterocycles. The maximum absolute atomic E-state index is 14.9. The Balaban J connectivity index is 2.02. The molecule has 4 nitrogen and oxygen atoms in total. The zero-order valence-corrected chi connectivity index (χ0v) is 19.6. The van der Waals surface area contributed by atoms with Crippen LogP contribution in [0.4, 0.5) is 0 Å². The molecular formula is C23H22IO4P. The van der Waals surface area contributed by atoms with Crippen LogP contribution in [-0.2, 0) is 4.57 Å². The first-order chi connectivity index (χ1) is 13.9. The molecule has 3 aromatic carbocycles. The number of halogens is 1. The highest BCUT2D eigenvalue weighted by Gasteiger charge is 2.36. The summed E-state index contributed by atoms with van der Waals surface area (Å²) >= 11 is 2.21. The van der Waals surface area contributed by atoms with Crippen LogP contribution >= 0.6 is 29.7 Å². The van der Waals surface area contributed by atoms with Gasteiger partial charge in [0.15, 0.2) is 18.6 Å². The van der Waals surface area contributed by atoms with E-state index in [-0.39, 0.29) is 6.79 Å². The fourth-order valence-electron chi connectivity index (χ4n) is 3.42. The summed E-state index contributed by atoms with van der Waals surface area (Å²) in [6.07, 6.45) is 0. The van der Waals surface area contributed by atoms with Gasteiger partial charge in [0.1, 0.15) is 0 Å². The molecule has 0 unspecified atom stereocenters. The lowest BCUT2D eigenvalue weighted by Crippen LogP contribution is -2.27. The van der Waals surface area contributed by atoms with Crippen molar-refractivity contribution in [2.75, 3.05) is 13.4 Å². The standard InChI is InChI=1S/C23H22IO4P/c1-4-26-19-13-20(21(24)23-22(19)27-14-28-23)29(25,17-9-5-15(2)6-10-17)18-11-7-16(3)8-12-18/h5-13H,4,14H2,1-3H3. The van der Waals surface area contributed by atoms with Crippen LogP contribution in [0.3, 0.4) is 0 Å². The highest BCUT2D eigenvalue weighted by Crippen LogP contribution is 2.51. The van der Waals surface area contributed by atoms with E-state index in [1.807, 2.05) is 75.4 Å². The van der Waals surface area contributed by atoms with Crippen LogP contribution in [0, 0.1) is 17.4 Å². The first kappa shape index (κ1) is 20.3. The third kappa shape index (κ3) is 3.55. The molecular weight excluding hydrogens is 498 g/mol. The zero-order valence-electron chi connectivity index (χ0n) is 16.6. The molecule has 0 aliphatic carbocycles. The molecule has 1 aliphatic rings. The number of ether oxygens (including phenoxy) is 3. The second kappa shape index (κ2) is 8.04. The highest BCUT2D eigenvalue weighted by atomic mass is 127. The molecule has 0 spiro atoms. The summed E-state index contributed by atoms with van der Waals surface area (Å²) in [6.45, 7) is 6.58. The van der Waals surface area contributed by atoms with Gasteiger partial charge in [-0.3, -0.25) is 0 Å². The van der Waals surface area contributed by atoms with Crippen molar-refractivity contribution >= 4 is 45.6 Å². The SMILES string of the molecule is CCOc1cc(P(=O)(c2ccc(C)cc2)c2ccc(C)cc2)c(I)c2c1OCO2. The minimum Gasteiger partial charge on any atom is -0.490 e. The molecule has 0 saturated heterocycles. The van der Waals surface area contributed by atoms with Gasteiger partial charge in [-0.2, -0.15) is 0 Å². The third-order valence-corrected chi connectivity index (χ3v) is 9.54. The van der Waals surface area contributed by atoms with E-state index in [0.29, 0.717) is 29.2 Å². The number of rotatable bonds is 5. The van der Waals surface area contributed by atoms with Crippen LogP contribution in [0.25, 0.3) is 0 Å². The highest BCUT2D eigenvalue weighted by molar-refractivity contribution is 14.1. The van der Waals surface area contributed by atoms with Gasteiger partial charge in [0, 0.05) is 15.9 Å². The third-order valence-electron chi connectivity index (χ3n) is 4.96. The van der Waals surface area contributed by atoms with Crippen molar-refractivity contribution in [3.8, 4) is 17.2 Å². The van der Waals surface area contributed by atoms with E-state index in [1.165, 1.54) is 0 Å². The van der Waals surface area contributed by atoms with Crippen molar-refractivity contribution in [3.05, 3.63) is 69.3 Å². The van der Waals surface area contributed by atoms with Gasteiger partial charge < -0.3 is 18.8 Å². The minimum atomic E-state index is -3.16. The quantitative estimate of drug-likeness (QED) is 0.363. The van der Waals surface area contributed by atoms with E-state index in [1.54, 1.807) is 0 Å². The predicted molar refractivity (Wildman–Crippen MR) is 125 cm³/mol. The Labute approximate surface area is 184 Å². The van der Waals surface area contributed by atoms with Crippen molar-refractivity contribution in [2.45, 2.75) is 20.8 Å². The molecule has 0 atom stereocenters. The Hall–Kier alpha value is -1.98. The lowest BCUT2D eigenvalue weighted by Gasteiger charge is -2.23. The van der Waals surface area contributed by atoms with Crippen molar-refractivity contribution in [3.63, 3.8) is 0 Å². The zero-order chi connectivity index (χ0) is 20.6. The summed E-state index contributed by atoms with van der Waals surface area (Å²) in [5, 5.41) is 2.27. The summed E-state index contributed by atoms with van der Waals surface area (Å²) in [7, 11) is -3.16. The number of hydrogen-bond donors (Lipinski definition) is 0. The summed E-state index contributed by atoms with van der Waals surface area (Å²) < 4.78 is 32.8. The Bertz CT molecular complexity index is 1040. The van der Waals surface area contributed by atoms with Gasteiger partial charge in [-0.25, -0.2) is 0 Å². The molecule has 0 amide bonds. The molecule has 0 N–H and O–H groups in total. The molecule has 0 fully saturated rings. The van der Waals surface area contributed by atoms with Crippen LogP contribution in [0.5, 0.6) is 17.2 Å². The molecule has 0 saturated carbocycles. The van der Waals surface area contributed by atoms with Gasteiger partial charge in [0.05, 0.1) is 10.2 Å². The number of benzene rings is 3. The number of hydrogen-bond acceptors (Lipinski definition) is 4. The smallest absolute Gasteiger partial charge is 0.231 e. The van der Waals surface area contributed by atoms with Gasteiger partial charge >= 0.3 is 0 Å². The Morgan fingerprint density at radius 2 is 1.45 bits per heavy atom. The summed E-state index contributed by atoms with van der Waals surface area (Å²) in [5.41, 5.74) is 2.25. The van der Waals surface area contributed by atoms with Gasteiger partial charge in [0.25, 0.3) is 0 Å². The monoisotopic (exact) mass is 520 g/mol. The maximum Gasteiger partial charge on any atom is 0.231 e. The fraction of sp³-hybridized carbons (Fsp3) is 0.217. The maximum atomic E-state index is 14.9. The predicted octanol–water partition coefficient (Wildman–Crippen LogP) is 4.67. The summed E-state index contributed by atoms with van der Waals surface area (Å²) in [4.78, 5) is 0. The largest absolute Gasteiger partial charge is 0.490 e. The molecule has 0 bridgehead atoms. The van der Waals surface area contributed by atoms with Gasteiger partial charge in [-0.1, -0.05) is 59.7 Å². The molecule has 6 heteroatoms. The average molecular weight is 520 g/mol. The van der Waals surface area contributed by atoms with Crippen molar-refractivity contribution in [1.29, 1.82) is 0 Å². The fourth-order valence-corrected chi connectivity index (χ4v) is 7.67. The second-order valence-corrected chi connectivity index (χ2v) is 10.8. The van der Waals surface area contributed by atoms with E-state index in [0.717, 1.165) is 25.3 Å². The Morgan fingerprint density at radius 1 is 0.931 bits per heavy atom. The number of aryl methyl sites for hydroxylation is 2. The summed E-state index contributed by atoms with van der Waals surface area (Å²) in [5.74, 6) is 1.75. The van der Waals surface area contributed by atoms with E-state index in [4.69, 9.17) is 14.2 Å². The van der Waals surface area contributed by atoms with E-state index in [9.17, 15) is 4.57 Å².